The Bertz CT molecular complexity index is 596. The van der Waals surface area contributed by atoms with Crippen molar-refractivity contribution >= 4 is 5.91 Å². The molecule has 0 spiro atoms. The van der Waals surface area contributed by atoms with Gasteiger partial charge >= 0.3 is 0 Å². The number of rotatable bonds is 4. The van der Waals surface area contributed by atoms with Crippen LogP contribution in [-0.2, 0) is 0 Å². The molecule has 1 amide bonds. The number of aromatic hydroxyl groups is 1. The zero-order chi connectivity index (χ0) is 14.5. The van der Waals surface area contributed by atoms with Crippen molar-refractivity contribution in [2.45, 2.75) is 13.0 Å². The second-order valence-electron chi connectivity index (χ2n) is 4.49. The maximum atomic E-state index is 12.2. The first-order valence-corrected chi connectivity index (χ1v) is 6.34. The largest absolute Gasteiger partial charge is 0.504 e. The van der Waals surface area contributed by atoms with E-state index in [1.165, 1.54) is 19.2 Å². The minimum atomic E-state index is -0.209. The Kier molecular flexibility index (Phi) is 4.25. The van der Waals surface area contributed by atoms with Gasteiger partial charge in [0.25, 0.3) is 5.91 Å². The van der Waals surface area contributed by atoms with Crippen LogP contribution < -0.4 is 10.1 Å². The predicted molar refractivity (Wildman–Crippen MR) is 77.0 cm³/mol. The molecule has 2 aromatic carbocycles. The van der Waals surface area contributed by atoms with Gasteiger partial charge in [-0.1, -0.05) is 30.3 Å². The van der Waals surface area contributed by atoms with Crippen molar-refractivity contribution in [3.8, 4) is 11.5 Å². The first-order valence-electron chi connectivity index (χ1n) is 6.34. The van der Waals surface area contributed by atoms with Crippen LogP contribution in [0.4, 0.5) is 0 Å². The van der Waals surface area contributed by atoms with E-state index in [9.17, 15) is 9.90 Å². The van der Waals surface area contributed by atoms with Crippen LogP contribution in [0.1, 0.15) is 28.9 Å². The number of carbonyl (C=O) groups excluding carboxylic acids is 1. The molecule has 0 saturated heterocycles. The topological polar surface area (TPSA) is 58.6 Å². The van der Waals surface area contributed by atoms with E-state index in [1.54, 1.807) is 6.07 Å². The lowest BCUT2D eigenvalue weighted by Crippen LogP contribution is -2.26. The van der Waals surface area contributed by atoms with E-state index in [4.69, 9.17) is 4.74 Å². The predicted octanol–water partition coefficient (Wildman–Crippen LogP) is 2.89. The molecule has 20 heavy (non-hydrogen) atoms. The molecule has 4 nitrogen and oxygen atoms in total. The van der Waals surface area contributed by atoms with Crippen molar-refractivity contribution in [3.63, 3.8) is 0 Å². The maximum absolute atomic E-state index is 12.2. The van der Waals surface area contributed by atoms with Gasteiger partial charge in [-0.3, -0.25) is 4.79 Å². The lowest BCUT2D eigenvalue weighted by molar-refractivity contribution is 0.0939. The van der Waals surface area contributed by atoms with E-state index < -0.39 is 0 Å². The number of hydrogen-bond acceptors (Lipinski definition) is 3. The first-order chi connectivity index (χ1) is 9.61. The molecule has 0 fully saturated rings. The van der Waals surface area contributed by atoms with Crippen LogP contribution in [0, 0.1) is 0 Å². The van der Waals surface area contributed by atoms with Crippen LogP contribution in [0.2, 0.25) is 0 Å². The van der Waals surface area contributed by atoms with Crippen LogP contribution in [0.5, 0.6) is 11.5 Å². The standard InChI is InChI=1S/C16H17NO3/c1-11(12-6-4-3-5-7-12)17-16(19)13-8-9-14(18)15(10-13)20-2/h3-11,18H,1-2H3,(H,17,19). The summed E-state index contributed by atoms with van der Waals surface area (Å²) in [5.41, 5.74) is 1.48. The normalized spacial score (nSPS) is 11.7. The third-order valence-corrected chi connectivity index (χ3v) is 3.09. The summed E-state index contributed by atoms with van der Waals surface area (Å²) in [4.78, 5) is 12.2. The number of benzene rings is 2. The zero-order valence-corrected chi connectivity index (χ0v) is 11.5. The summed E-state index contributed by atoms with van der Waals surface area (Å²) in [6.07, 6.45) is 0. The van der Waals surface area contributed by atoms with E-state index in [0.29, 0.717) is 5.56 Å². The third kappa shape index (κ3) is 3.09. The van der Waals surface area contributed by atoms with E-state index in [0.717, 1.165) is 5.56 Å². The number of ether oxygens (including phenoxy) is 1. The molecule has 2 rings (SSSR count). The Morgan fingerprint density at radius 1 is 1.20 bits per heavy atom. The highest BCUT2D eigenvalue weighted by Crippen LogP contribution is 2.26. The summed E-state index contributed by atoms with van der Waals surface area (Å²) in [6, 6.07) is 14.1. The second-order valence-corrected chi connectivity index (χ2v) is 4.49. The van der Waals surface area contributed by atoms with Gasteiger partial charge < -0.3 is 15.2 Å². The summed E-state index contributed by atoms with van der Waals surface area (Å²) in [6.45, 7) is 1.92. The zero-order valence-electron chi connectivity index (χ0n) is 11.5. The van der Waals surface area contributed by atoms with Crippen molar-refractivity contribution in [2.24, 2.45) is 0 Å². The number of phenols is 1. The molecule has 1 unspecified atom stereocenters. The van der Waals surface area contributed by atoms with Crippen LogP contribution in [0.25, 0.3) is 0 Å². The van der Waals surface area contributed by atoms with Crippen LogP contribution >= 0.6 is 0 Å². The molecular formula is C16H17NO3. The molecule has 0 aliphatic heterocycles. The van der Waals surface area contributed by atoms with Crippen molar-refractivity contribution in [3.05, 3.63) is 59.7 Å². The van der Waals surface area contributed by atoms with Gasteiger partial charge in [-0.15, -0.1) is 0 Å². The van der Waals surface area contributed by atoms with E-state index in [2.05, 4.69) is 5.32 Å². The molecule has 0 saturated carbocycles. The second kappa shape index (κ2) is 6.10. The number of phenolic OH excluding ortho intramolecular Hbond substituents is 1. The van der Waals surface area contributed by atoms with E-state index >= 15 is 0 Å². The van der Waals surface area contributed by atoms with Gasteiger partial charge in [0.15, 0.2) is 11.5 Å². The molecule has 0 radical (unpaired) electrons. The van der Waals surface area contributed by atoms with Gasteiger partial charge in [0.05, 0.1) is 13.2 Å². The molecule has 0 aromatic heterocycles. The average molecular weight is 271 g/mol. The van der Waals surface area contributed by atoms with Crippen molar-refractivity contribution in [1.29, 1.82) is 0 Å². The monoisotopic (exact) mass is 271 g/mol. The minimum absolute atomic E-state index is 0.0140. The molecule has 2 aromatic rings. The Morgan fingerprint density at radius 2 is 1.90 bits per heavy atom. The Balaban J connectivity index is 2.12. The minimum Gasteiger partial charge on any atom is -0.504 e. The summed E-state index contributed by atoms with van der Waals surface area (Å²) >= 11 is 0. The van der Waals surface area contributed by atoms with Gasteiger partial charge in [-0.05, 0) is 30.7 Å². The molecule has 0 aliphatic rings. The SMILES string of the molecule is COc1cc(C(=O)NC(C)c2ccccc2)ccc1O. The highest BCUT2D eigenvalue weighted by molar-refractivity contribution is 5.95. The van der Waals surface area contributed by atoms with Crippen LogP contribution in [0.3, 0.4) is 0 Å². The number of carbonyl (C=O) groups is 1. The smallest absolute Gasteiger partial charge is 0.251 e. The van der Waals surface area contributed by atoms with E-state index in [-0.39, 0.29) is 23.4 Å². The molecule has 1 atom stereocenters. The molecule has 2 N–H and O–H groups in total. The van der Waals surface area contributed by atoms with Gasteiger partial charge in [0.2, 0.25) is 0 Å². The fourth-order valence-electron chi connectivity index (χ4n) is 1.92. The third-order valence-electron chi connectivity index (χ3n) is 3.09. The summed E-state index contributed by atoms with van der Waals surface area (Å²) in [5, 5.41) is 12.4. The summed E-state index contributed by atoms with van der Waals surface area (Å²) < 4.78 is 5.00. The first kappa shape index (κ1) is 13.9. The average Bonchev–Trinajstić information content (AvgIpc) is 2.48. The number of hydrogen-bond donors (Lipinski definition) is 2. The molecule has 4 heteroatoms. The number of methoxy groups -OCH3 is 1. The fourth-order valence-corrected chi connectivity index (χ4v) is 1.92. The Morgan fingerprint density at radius 3 is 2.55 bits per heavy atom. The number of nitrogens with one attached hydrogen (secondary N) is 1. The Hall–Kier alpha value is -2.49. The fraction of sp³-hybridized carbons (Fsp3) is 0.188. The van der Waals surface area contributed by atoms with Gasteiger partial charge in [0.1, 0.15) is 0 Å². The molecule has 104 valence electrons. The lowest BCUT2D eigenvalue weighted by atomic mass is 10.1. The molecule has 0 heterocycles. The van der Waals surface area contributed by atoms with Crippen molar-refractivity contribution < 1.29 is 14.6 Å². The molecular weight excluding hydrogens is 254 g/mol. The highest BCUT2D eigenvalue weighted by Gasteiger charge is 2.13. The summed E-state index contributed by atoms with van der Waals surface area (Å²) in [7, 11) is 1.45. The lowest BCUT2D eigenvalue weighted by Gasteiger charge is -2.14. The quantitative estimate of drug-likeness (QED) is 0.899. The van der Waals surface area contributed by atoms with Crippen LogP contribution in [0.15, 0.2) is 48.5 Å². The van der Waals surface area contributed by atoms with Gasteiger partial charge in [0, 0.05) is 5.56 Å². The summed E-state index contributed by atoms with van der Waals surface area (Å²) in [5.74, 6) is 0.0878. The van der Waals surface area contributed by atoms with E-state index in [1.807, 2.05) is 37.3 Å². The number of amides is 1. The molecule has 0 aliphatic carbocycles. The van der Waals surface area contributed by atoms with Gasteiger partial charge in [-0.25, -0.2) is 0 Å². The Labute approximate surface area is 118 Å². The van der Waals surface area contributed by atoms with Crippen molar-refractivity contribution in [1.82, 2.24) is 5.32 Å². The molecule has 0 bridgehead atoms. The highest BCUT2D eigenvalue weighted by atomic mass is 16.5. The van der Waals surface area contributed by atoms with Gasteiger partial charge in [-0.2, -0.15) is 0 Å². The van der Waals surface area contributed by atoms with Crippen molar-refractivity contribution in [2.75, 3.05) is 7.11 Å². The maximum Gasteiger partial charge on any atom is 0.251 e. The van der Waals surface area contributed by atoms with Crippen LogP contribution in [-0.4, -0.2) is 18.1 Å².